The molecule has 0 aliphatic heterocycles. The first-order chi connectivity index (χ1) is 9.25. The predicted molar refractivity (Wildman–Crippen MR) is 86.9 cm³/mol. The number of rotatable bonds is 6. The monoisotopic (exact) mass is 297 g/mol. The number of nitrogens with one attached hydrogen (secondary N) is 1. The predicted octanol–water partition coefficient (Wildman–Crippen LogP) is 3.20. The van der Waals surface area contributed by atoms with E-state index in [0.717, 1.165) is 17.9 Å². The molecule has 114 valence electrons. The van der Waals surface area contributed by atoms with Gasteiger partial charge in [-0.15, -0.1) is 0 Å². The van der Waals surface area contributed by atoms with E-state index < -0.39 is 10.8 Å². The van der Waals surface area contributed by atoms with E-state index >= 15 is 0 Å². The fourth-order valence-corrected chi connectivity index (χ4v) is 2.89. The van der Waals surface area contributed by atoms with Crippen molar-refractivity contribution < 1.29 is 8.95 Å². The highest BCUT2D eigenvalue weighted by Crippen LogP contribution is 2.25. The summed E-state index contributed by atoms with van der Waals surface area (Å²) in [5, 5.41) is 3.43. The summed E-state index contributed by atoms with van der Waals surface area (Å²) in [5.74, 6) is 1.56. The Morgan fingerprint density at radius 3 is 2.55 bits per heavy atom. The molecule has 1 aromatic carbocycles. The maximum absolute atomic E-state index is 12.0. The van der Waals surface area contributed by atoms with Gasteiger partial charge in [0.1, 0.15) is 5.75 Å². The fraction of sp³-hybridized carbons (Fsp3) is 0.625. The highest BCUT2D eigenvalue weighted by Gasteiger charge is 2.19. The molecule has 1 aromatic rings. The standard InChI is InChI=1S/C16H27NO2S/c1-12-7-8-15(19-6)14(11-12)13(2)17-9-10-20(18)16(3,4)5/h7-8,11,13,17H,9-10H2,1-6H3/t13-,20+/m0/s1. The lowest BCUT2D eigenvalue weighted by Gasteiger charge is -2.20. The van der Waals surface area contributed by atoms with Crippen molar-refractivity contribution in [2.24, 2.45) is 0 Å². The van der Waals surface area contributed by atoms with Crippen LogP contribution in [0, 0.1) is 6.92 Å². The lowest BCUT2D eigenvalue weighted by atomic mass is 10.0. The second-order valence-corrected chi connectivity index (χ2v) is 8.41. The minimum Gasteiger partial charge on any atom is -0.496 e. The van der Waals surface area contributed by atoms with Crippen LogP contribution in [0.25, 0.3) is 0 Å². The van der Waals surface area contributed by atoms with Crippen LogP contribution in [0.2, 0.25) is 0 Å². The van der Waals surface area contributed by atoms with Gasteiger partial charge in [0.25, 0.3) is 0 Å². The van der Waals surface area contributed by atoms with Crippen molar-refractivity contribution in [2.75, 3.05) is 19.4 Å². The average Bonchev–Trinajstić information content (AvgIpc) is 2.37. The maximum Gasteiger partial charge on any atom is 0.123 e. The van der Waals surface area contributed by atoms with Crippen LogP contribution in [-0.4, -0.2) is 28.4 Å². The van der Waals surface area contributed by atoms with E-state index in [1.54, 1.807) is 7.11 Å². The molecule has 2 atom stereocenters. The minimum absolute atomic E-state index is 0.147. The molecule has 0 amide bonds. The van der Waals surface area contributed by atoms with Crippen LogP contribution in [-0.2, 0) is 10.8 Å². The van der Waals surface area contributed by atoms with Gasteiger partial charge >= 0.3 is 0 Å². The Kier molecular flexibility index (Phi) is 6.21. The largest absolute Gasteiger partial charge is 0.496 e. The summed E-state index contributed by atoms with van der Waals surface area (Å²) in [6, 6.07) is 6.36. The topological polar surface area (TPSA) is 38.3 Å². The normalized spacial score (nSPS) is 14.9. The minimum atomic E-state index is -0.815. The van der Waals surface area contributed by atoms with Gasteiger partial charge in [-0.05, 0) is 40.7 Å². The lowest BCUT2D eigenvalue weighted by molar-refractivity contribution is 0.402. The Balaban J connectivity index is 2.61. The van der Waals surface area contributed by atoms with Crippen molar-refractivity contribution in [2.45, 2.75) is 45.4 Å². The van der Waals surface area contributed by atoms with Gasteiger partial charge in [0, 0.05) is 39.4 Å². The third-order valence-electron chi connectivity index (χ3n) is 3.27. The zero-order valence-electron chi connectivity index (χ0n) is 13.4. The number of methoxy groups -OCH3 is 1. The summed E-state index contributed by atoms with van der Waals surface area (Å²) < 4.78 is 17.3. The maximum atomic E-state index is 12.0. The van der Waals surface area contributed by atoms with E-state index in [-0.39, 0.29) is 10.8 Å². The molecule has 20 heavy (non-hydrogen) atoms. The number of benzene rings is 1. The Morgan fingerprint density at radius 2 is 2.00 bits per heavy atom. The zero-order chi connectivity index (χ0) is 15.3. The third-order valence-corrected chi connectivity index (χ3v) is 5.21. The molecule has 1 rings (SSSR count). The first-order valence-electron chi connectivity index (χ1n) is 7.02. The van der Waals surface area contributed by atoms with E-state index in [1.807, 2.05) is 32.9 Å². The van der Waals surface area contributed by atoms with Crippen molar-refractivity contribution in [3.8, 4) is 5.75 Å². The summed E-state index contributed by atoms with van der Waals surface area (Å²) in [4.78, 5) is 0. The van der Waals surface area contributed by atoms with E-state index in [0.29, 0.717) is 5.75 Å². The van der Waals surface area contributed by atoms with Gasteiger partial charge < -0.3 is 10.1 Å². The zero-order valence-corrected chi connectivity index (χ0v) is 14.3. The molecule has 4 heteroatoms. The van der Waals surface area contributed by atoms with E-state index in [2.05, 4.69) is 25.2 Å². The number of aryl methyl sites for hydroxylation is 1. The van der Waals surface area contributed by atoms with Gasteiger partial charge in [0.05, 0.1) is 7.11 Å². The first-order valence-corrected chi connectivity index (χ1v) is 8.34. The van der Waals surface area contributed by atoms with E-state index in [1.165, 1.54) is 5.56 Å². The summed E-state index contributed by atoms with van der Waals surface area (Å²) in [6.07, 6.45) is 0. The van der Waals surface area contributed by atoms with Crippen LogP contribution in [0.3, 0.4) is 0 Å². The van der Waals surface area contributed by atoms with Gasteiger partial charge in [-0.1, -0.05) is 17.7 Å². The molecule has 0 radical (unpaired) electrons. The molecule has 3 nitrogen and oxygen atoms in total. The van der Waals surface area contributed by atoms with Crippen molar-refractivity contribution in [1.29, 1.82) is 0 Å². The first kappa shape index (κ1) is 17.2. The smallest absolute Gasteiger partial charge is 0.123 e. The van der Waals surface area contributed by atoms with Gasteiger partial charge in [-0.2, -0.15) is 0 Å². The molecule has 0 unspecified atom stereocenters. The number of hydrogen-bond acceptors (Lipinski definition) is 3. The van der Waals surface area contributed by atoms with E-state index in [4.69, 9.17) is 4.74 Å². The third kappa shape index (κ3) is 4.91. The summed E-state index contributed by atoms with van der Waals surface area (Å²) in [7, 11) is 0.875. The van der Waals surface area contributed by atoms with Crippen molar-refractivity contribution in [1.82, 2.24) is 5.32 Å². The molecule has 1 N–H and O–H groups in total. The SMILES string of the molecule is COc1ccc(C)cc1[C@H](C)NCC[S@@](=O)C(C)(C)C. The highest BCUT2D eigenvalue weighted by molar-refractivity contribution is 7.86. The molecule has 0 saturated carbocycles. The lowest BCUT2D eigenvalue weighted by Crippen LogP contribution is -2.31. The molecular weight excluding hydrogens is 270 g/mol. The van der Waals surface area contributed by atoms with Crippen LogP contribution in [0.4, 0.5) is 0 Å². The van der Waals surface area contributed by atoms with Crippen molar-refractivity contribution in [3.63, 3.8) is 0 Å². The highest BCUT2D eigenvalue weighted by atomic mass is 32.2. The van der Waals surface area contributed by atoms with Crippen molar-refractivity contribution >= 4 is 10.8 Å². The molecule has 0 bridgehead atoms. The Labute approximate surface area is 125 Å². The van der Waals surface area contributed by atoms with E-state index in [9.17, 15) is 4.21 Å². The van der Waals surface area contributed by atoms with Crippen LogP contribution in [0.15, 0.2) is 18.2 Å². The van der Waals surface area contributed by atoms with Gasteiger partial charge in [0.2, 0.25) is 0 Å². The summed E-state index contributed by atoms with van der Waals surface area (Å²) >= 11 is 0. The summed E-state index contributed by atoms with van der Waals surface area (Å²) in [6.45, 7) is 11.0. The molecule has 0 spiro atoms. The average molecular weight is 297 g/mol. The Bertz CT molecular complexity index is 466. The number of ether oxygens (including phenoxy) is 1. The van der Waals surface area contributed by atoms with Gasteiger partial charge in [-0.3, -0.25) is 4.21 Å². The van der Waals surface area contributed by atoms with Crippen LogP contribution < -0.4 is 10.1 Å². The second-order valence-electron chi connectivity index (χ2n) is 6.08. The van der Waals surface area contributed by atoms with Crippen LogP contribution in [0.5, 0.6) is 5.75 Å². The molecule has 0 aliphatic rings. The van der Waals surface area contributed by atoms with Crippen LogP contribution >= 0.6 is 0 Å². The number of hydrogen-bond donors (Lipinski definition) is 1. The summed E-state index contributed by atoms with van der Waals surface area (Å²) in [5.41, 5.74) is 2.36. The van der Waals surface area contributed by atoms with Crippen molar-refractivity contribution in [3.05, 3.63) is 29.3 Å². The molecule has 0 saturated heterocycles. The Hall–Kier alpha value is -0.870. The van der Waals surface area contributed by atoms with Gasteiger partial charge in [0.15, 0.2) is 0 Å². The fourth-order valence-electron chi connectivity index (χ4n) is 1.98. The molecule has 0 heterocycles. The van der Waals surface area contributed by atoms with Crippen LogP contribution in [0.1, 0.15) is 44.9 Å². The molecule has 0 fully saturated rings. The molecule has 0 aromatic heterocycles. The second kappa shape index (κ2) is 7.23. The molecule has 0 aliphatic carbocycles. The van der Waals surface area contributed by atoms with Gasteiger partial charge in [-0.25, -0.2) is 0 Å². The quantitative estimate of drug-likeness (QED) is 0.876. The Morgan fingerprint density at radius 1 is 1.35 bits per heavy atom. The molecular formula is C16H27NO2S.